The van der Waals surface area contributed by atoms with Gasteiger partial charge in [0.05, 0.1) is 13.2 Å². The third-order valence-corrected chi connectivity index (χ3v) is 4.96. The molecular weight excluding hydrogens is 378 g/mol. The van der Waals surface area contributed by atoms with Crippen LogP contribution in [-0.4, -0.2) is 24.7 Å². The third kappa shape index (κ3) is 4.71. The highest BCUT2D eigenvalue weighted by atomic mass is 35.5. The maximum absolute atomic E-state index is 13.0. The number of ether oxygens (including phenoxy) is 3. The molecule has 1 amide bonds. The van der Waals surface area contributed by atoms with Gasteiger partial charge in [-0.2, -0.15) is 0 Å². The van der Waals surface area contributed by atoms with E-state index >= 15 is 0 Å². The van der Waals surface area contributed by atoms with E-state index < -0.39 is 11.7 Å². The first-order valence-electron chi connectivity index (χ1n) is 9.41. The molecule has 0 saturated carbocycles. The summed E-state index contributed by atoms with van der Waals surface area (Å²) in [6.07, 6.45) is 0.570. The van der Waals surface area contributed by atoms with E-state index in [1.54, 1.807) is 31.4 Å². The van der Waals surface area contributed by atoms with Crippen LogP contribution in [0.25, 0.3) is 0 Å². The minimum atomic E-state index is -0.613. The number of carbonyl (C=O) groups excluding carboxylic acids is 1. The lowest BCUT2D eigenvalue weighted by atomic mass is 9.89. The SMILES string of the molecule is CC[C@H](Oc1cccc(Cl)c1)C(=O)N[C@H]1CC(C)(C)Oc2ccc(OC)cc21. The van der Waals surface area contributed by atoms with Gasteiger partial charge >= 0.3 is 0 Å². The summed E-state index contributed by atoms with van der Waals surface area (Å²) in [5, 5.41) is 3.70. The lowest BCUT2D eigenvalue weighted by molar-refractivity contribution is -0.129. The highest BCUT2D eigenvalue weighted by Gasteiger charge is 2.36. The molecule has 0 spiro atoms. The standard InChI is InChI=1S/C22H26ClNO4/c1-5-19(27-16-8-6-7-14(23)11-16)21(25)24-18-13-22(2,3)28-20-10-9-15(26-4)12-17(18)20/h6-12,18-19H,5,13H2,1-4H3,(H,24,25)/t18-,19-/m0/s1. The van der Waals surface area contributed by atoms with Crippen molar-refractivity contribution in [2.24, 2.45) is 0 Å². The highest BCUT2D eigenvalue weighted by molar-refractivity contribution is 6.30. The molecule has 0 bridgehead atoms. The number of fused-ring (bicyclic) bond motifs is 1. The van der Waals surface area contributed by atoms with Crippen molar-refractivity contribution in [1.29, 1.82) is 0 Å². The first-order valence-corrected chi connectivity index (χ1v) is 9.78. The second-order valence-corrected chi connectivity index (χ2v) is 7.94. The predicted octanol–water partition coefficient (Wildman–Crippen LogP) is 4.92. The van der Waals surface area contributed by atoms with Crippen LogP contribution < -0.4 is 19.5 Å². The number of amides is 1. The Balaban J connectivity index is 1.80. The van der Waals surface area contributed by atoms with E-state index in [0.29, 0.717) is 23.6 Å². The molecule has 0 saturated heterocycles. The van der Waals surface area contributed by atoms with Crippen LogP contribution in [0.15, 0.2) is 42.5 Å². The van der Waals surface area contributed by atoms with Crippen LogP contribution in [0.4, 0.5) is 0 Å². The van der Waals surface area contributed by atoms with Crippen molar-refractivity contribution >= 4 is 17.5 Å². The second-order valence-electron chi connectivity index (χ2n) is 7.50. The number of carbonyl (C=O) groups is 1. The molecule has 1 aliphatic heterocycles. The Bertz CT molecular complexity index is 852. The zero-order chi connectivity index (χ0) is 20.3. The molecule has 2 aromatic carbocycles. The molecule has 5 nitrogen and oxygen atoms in total. The van der Waals surface area contributed by atoms with Gasteiger partial charge in [0, 0.05) is 17.0 Å². The Kier molecular flexibility index (Phi) is 6.04. The van der Waals surface area contributed by atoms with Crippen molar-refractivity contribution in [1.82, 2.24) is 5.32 Å². The zero-order valence-corrected chi connectivity index (χ0v) is 17.4. The quantitative estimate of drug-likeness (QED) is 0.743. The Labute approximate surface area is 170 Å². The summed E-state index contributed by atoms with van der Waals surface area (Å²) in [6.45, 7) is 5.94. The summed E-state index contributed by atoms with van der Waals surface area (Å²) in [5.74, 6) is 1.89. The molecule has 3 rings (SSSR count). The Morgan fingerprint density at radius 3 is 2.75 bits per heavy atom. The van der Waals surface area contributed by atoms with Gasteiger partial charge in [-0.05, 0) is 56.7 Å². The number of hydrogen-bond donors (Lipinski definition) is 1. The normalized spacial score (nSPS) is 18.4. The molecule has 0 aromatic heterocycles. The fourth-order valence-electron chi connectivity index (χ4n) is 3.38. The maximum atomic E-state index is 13.0. The number of benzene rings is 2. The first kappa shape index (κ1) is 20.3. The predicted molar refractivity (Wildman–Crippen MR) is 109 cm³/mol. The molecule has 150 valence electrons. The highest BCUT2D eigenvalue weighted by Crippen LogP contribution is 2.41. The molecule has 2 atom stereocenters. The number of nitrogens with one attached hydrogen (secondary N) is 1. The summed E-state index contributed by atoms with van der Waals surface area (Å²) in [4.78, 5) is 13.0. The van der Waals surface area contributed by atoms with E-state index in [0.717, 1.165) is 17.1 Å². The lowest BCUT2D eigenvalue weighted by Crippen LogP contribution is -2.45. The molecule has 1 aliphatic rings. The van der Waals surface area contributed by atoms with Gasteiger partial charge in [-0.1, -0.05) is 24.6 Å². The topological polar surface area (TPSA) is 56.8 Å². The summed E-state index contributed by atoms with van der Waals surface area (Å²) < 4.78 is 17.3. The van der Waals surface area contributed by atoms with Crippen molar-refractivity contribution in [2.75, 3.05) is 7.11 Å². The summed E-state index contributed by atoms with van der Waals surface area (Å²) in [7, 11) is 1.62. The fraction of sp³-hybridized carbons (Fsp3) is 0.409. The van der Waals surface area contributed by atoms with Crippen LogP contribution in [0.1, 0.15) is 45.2 Å². The van der Waals surface area contributed by atoms with Gasteiger partial charge in [0.15, 0.2) is 6.10 Å². The van der Waals surface area contributed by atoms with E-state index in [-0.39, 0.29) is 11.9 Å². The monoisotopic (exact) mass is 403 g/mol. The zero-order valence-electron chi connectivity index (χ0n) is 16.6. The largest absolute Gasteiger partial charge is 0.497 e. The number of halogens is 1. The van der Waals surface area contributed by atoms with Crippen LogP contribution >= 0.6 is 11.6 Å². The Morgan fingerprint density at radius 2 is 2.07 bits per heavy atom. The van der Waals surface area contributed by atoms with Crippen molar-refractivity contribution in [2.45, 2.75) is 51.4 Å². The van der Waals surface area contributed by atoms with Crippen molar-refractivity contribution < 1.29 is 19.0 Å². The summed E-state index contributed by atoms with van der Waals surface area (Å²) >= 11 is 6.02. The van der Waals surface area contributed by atoms with E-state index in [2.05, 4.69) is 5.32 Å². The average molecular weight is 404 g/mol. The van der Waals surface area contributed by atoms with Gasteiger partial charge in [0.25, 0.3) is 5.91 Å². The van der Waals surface area contributed by atoms with E-state index in [1.807, 2.05) is 39.0 Å². The van der Waals surface area contributed by atoms with Crippen molar-refractivity contribution in [3.63, 3.8) is 0 Å². The van der Waals surface area contributed by atoms with Crippen LogP contribution in [0, 0.1) is 0 Å². The van der Waals surface area contributed by atoms with E-state index in [4.69, 9.17) is 25.8 Å². The molecule has 0 aliphatic carbocycles. The molecule has 1 N–H and O–H groups in total. The average Bonchev–Trinajstić information content (AvgIpc) is 2.65. The smallest absolute Gasteiger partial charge is 0.261 e. The molecule has 2 aromatic rings. The summed E-state index contributed by atoms with van der Waals surface area (Å²) in [6, 6.07) is 12.5. The minimum absolute atomic E-state index is 0.168. The van der Waals surface area contributed by atoms with Gasteiger partial charge in [0.1, 0.15) is 22.8 Å². The third-order valence-electron chi connectivity index (χ3n) is 4.73. The molecule has 0 fully saturated rings. The minimum Gasteiger partial charge on any atom is -0.497 e. The van der Waals surface area contributed by atoms with Gasteiger partial charge in [-0.15, -0.1) is 0 Å². The molecule has 0 radical (unpaired) electrons. The number of hydrogen-bond acceptors (Lipinski definition) is 4. The van der Waals surface area contributed by atoms with Crippen LogP contribution in [-0.2, 0) is 4.79 Å². The van der Waals surface area contributed by atoms with Crippen molar-refractivity contribution in [3.8, 4) is 17.2 Å². The molecule has 1 heterocycles. The van der Waals surface area contributed by atoms with Crippen molar-refractivity contribution in [3.05, 3.63) is 53.1 Å². The van der Waals surface area contributed by atoms with E-state index in [9.17, 15) is 4.79 Å². The van der Waals surface area contributed by atoms with Crippen LogP contribution in [0.5, 0.6) is 17.2 Å². The second kappa shape index (κ2) is 8.31. The molecule has 28 heavy (non-hydrogen) atoms. The van der Waals surface area contributed by atoms with Gasteiger partial charge in [-0.25, -0.2) is 0 Å². The van der Waals surface area contributed by atoms with Gasteiger partial charge in [-0.3, -0.25) is 4.79 Å². The first-order chi connectivity index (χ1) is 13.3. The Hall–Kier alpha value is -2.40. The Morgan fingerprint density at radius 1 is 1.29 bits per heavy atom. The van der Waals surface area contributed by atoms with Crippen LogP contribution in [0.2, 0.25) is 5.02 Å². The maximum Gasteiger partial charge on any atom is 0.261 e. The van der Waals surface area contributed by atoms with Crippen LogP contribution in [0.3, 0.4) is 0 Å². The molecule has 0 unspecified atom stereocenters. The number of methoxy groups -OCH3 is 1. The lowest BCUT2D eigenvalue weighted by Gasteiger charge is -2.38. The van der Waals surface area contributed by atoms with Gasteiger partial charge < -0.3 is 19.5 Å². The molecular formula is C22H26ClNO4. The number of rotatable bonds is 6. The molecule has 6 heteroatoms. The fourth-order valence-corrected chi connectivity index (χ4v) is 3.56. The van der Waals surface area contributed by atoms with Gasteiger partial charge in [0.2, 0.25) is 0 Å². The summed E-state index contributed by atoms with van der Waals surface area (Å²) in [5.41, 5.74) is 0.513. The van der Waals surface area contributed by atoms with E-state index in [1.165, 1.54) is 0 Å².